The van der Waals surface area contributed by atoms with Crippen LogP contribution in [-0.4, -0.2) is 40.0 Å². The Morgan fingerprint density at radius 3 is 2.48 bits per heavy atom. The van der Waals surface area contributed by atoms with Crippen LogP contribution >= 0.6 is 11.8 Å². The first-order valence-corrected chi connectivity index (χ1v) is 11.6. The molecule has 33 heavy (non-hydrogen) atoms. The van der Waals surface area contributed by atoms with Gasteiger partial charge in [-0.2, -0.15) is 4.68 Å². The minimum atomic E-state index is 0.341. The van der Waals surface area contributed by atoms with Crippen molar-refractivity contribution in [3.63, 3.8) is 0 Å². The second-order valence-electron chi connectivity index (χ2n) is 7.73. The van der Waals surface area contributed by atoms with E-state index in [4.69, 9.17) is 0 Å². The van der Waals surface area contributed by atoms with Crippen molar-refractivity contribution in [1.29, 1.82) is 0 Å². The zero-order chi connectivity index (χ0) is 22.6. The zero-order valence-corrected chi connectivity index (χ0v) is 19.1. The number of rotatable bonds is 7. The lowest BCUT2D eigenvalue weighted by molar-refractivity contribution is 0.776. The van der Waals surface area contributed by atoms with Crippen LogP contribution in [-0.2, 0) is 5.75 Å². The van der Waals surface area contributed by atoms with Crippen LogP contribution < -0.4 is 0 Å². The number of tetrazole rings is 1. The summed E-state index contributed by atoms with van der Waals surface area (Å²) in [4.78, 5) is 4.28. The summed E-state index contributed by atoms with van der Waals surface area (Å²) in [6.45, 7) is 4.38. The maximum Gasteiger partial charge on any atom is 0.196 e. The maximum atomic E-state index is 4.54. The van der Waals surface area contributed by atoms with Gasteiger partial charge in [-0.3, -0.25) is 9.55 Å². The van der Waals surface area contributed by atoms with Crippen molar-refractivity contribution in [3.05, 3.63) is 90.5 Å². The Hall–Kier alpha value is -3.85. The molecule has 0 saturated heterocycles. The highest BCUT2D eigenvalue weighted by atomic mass is 32.2. The van der Waals surface area contributed by atoms with Crippen LogP contribution in [0.1, 0.15) is 31.2 Å². The zero-order valence-electron chi connectivity index (χ0n) is 18.3. The fraction of sp³-hybridized carbons (Fsp3) is 0.167. The Labute approximate surface area is 195 Å². The normalized spacial score (nSPS) is 11.2. The monoisotopic (exact) mass is 454 g/mol. The minimum Gasteiger partial charge on any atom is -0.270 e. The molecule has 0 fully saturated rings. The highest BCUT2D eigenvalue weighted by molar-refractivity contribution is 7.98. The summed E-state index contributed by atoms with van der Waals surface area (Å²) in [5.41, 5.74) is 4.10. The molecule has 0 bridgehead atoms. The van der Waals surface area contributed by atoms with E-state index in [2.05, 4.69) is 67.3 Å². The number of nitrogens with zero attached hydrogens (tertiary/aromatic N) is 8. The van der Waals surface area contributed by atoms with E-state index in [1.54, 1.807) is 22.6 Å². The van der Waals surface area contributed by atoms with Crippen LogP contribution in [0.3, 0.4) is 0 Å². The first-order chi connectivity index (χ1) is 16.2. The molecular formula is C24H22N8S. The molecular weight excluding hydrogens is 432 g/mol. The summed E-state index contributed by atoms with van der Waals surface area (Å²) in [5, 5.41) is 22.1. The average molecular weight is 455 g/mol. The van der Waals surface area contributed by atoms with Gasteiger partial charge in [0, 0.05) is 18.0 Å². The van der Waals surface area contributed by atoms with E-state index in [1.807, 2.05) is 54.7 Å². The Morgan fingerprint density at radius 2 is 1.70 bits per heavy atom. The number of thioether (sulfide) groups is 1. The lowest BCUT2D eigenvalue weighted by Crippen LogP contribution is -2.06. The molecule has 9 heteroatoms. The van der Waals surface area contributed by atoms with E-state index in [1.165, 1.54) is 5.56 Å². The van der Waals surface area contributed by atoms with Crippen LogP contribution in [0.5, 0.6) is 0 Å². The molecule has 0 saturated carbocycles. The van der Waals surface area contributed by atoms with E-state index < -0.39 is 0 Å². The van der Waals surface area contributed by atoms with Crippen LogP contribution in [0.4, 0.5) is 0 Å². The van der Waals surface area contributed by atoms with Crippen molar-refractivity contribution in [2.75, 3.05) is 0 Å². The molecule has 0 atom stereocenters. The fourth-order valence-electron chi connectivity index (χ4n) is 3.64. The van der Waals surface area contributed by atoms with Gasteiger partial charge in [0.05, 0.1) is 17.1 Å². The molecule has 3 aromatic heterocycles. The van der Waals surface area contributed by atoms with E-state index in [9.17, 15) is 0 Å². The molecule has 164 valence electrons. The third-order valence-corrected chi connectivity index (χ3v) is 6.14. The van der Waals surface area contributed by atoms with Gasteiger partial charge in [0.15, 0.2) is 16.8 Å². The number of benzene rings is 2. The first kappa shape index (κ1) is 21.0. The summed E-state index contributed by atoms with van der Waals surface area (Å²) in [6.07, 6.45) is 3.56. The summed E-state index contributed by atoms with van der Waals surface area (Å²) in [7, 11) is 0. The van der Waals surface area contributed by atoms with Gasteiger partial charge in [0.1, 0.15) is 0 Å². The molecule has 0 aliphatic heterocycles. The molecule has 0 unspecified atom stereocenters. The average Bonchev–Trinajstić information content (AvgIpc) is 3.51. The maximum absolute atomic E-state index is 4.54. The predicted molar refractivity (Wildman–Crippen MR) is 127 cm³/mol. The number of pyridine rings is 1. The van der Waals surface area contributed by atoms with Crippen molar-refractivity contribution < 1.29 is 0 Å². The van der Waals surface area contributed by atoms with Gasteiger partial charge >= 0.3 is 0 Å². The van der Waals surface area contributed by atoms with Crippen LogP contribution in [0.15, 0.2) is 84.3 Å². The molecule has 0 amide bonds. The van der Waals surface area contributed by atoms with Crippen LogP contribution in [0.2, 0.25) is 0 Å². The molecule has 3 heterocycles. The first-order valence-electron chi connectivity index (χ1n) is 10.6. The van der Waals surface area contributed by atoms with Crippen LogP contribution in [0.25, 0.3) is 22.8 Å². The second kappa shape index (κ2) is 9.33. The van der Waals surface area contributed by atoms with Gasteiger partial charge in [-0.15, -0.1) is 15.3 Å². The Bertz CT molecular complexity index is 1350. The molecule has 0 spiro atoms. The van der Waals surface area contributed by atoms with Crippen LogP contribution in [0, 0.1) is 0 Å². The SMILES string of the molecule is CC(C)c1ccccc1-n1c(SCc2nnnn2-c2ccccc2)nnc1-c1cccnc1. The number of hydrogen-bond donors (Lipinski definition) is 0. The molecule has 0 radical (unpaired) electrons. The van der Waals surface area contributed by atoms with Gasteiger partial charge in [-0.1, -0.05) is 62.0 Å². The summed E-state index contributed by atoms with van der Waals surface area (Å²) < 4.78 is 3.85. The molecule has 8 nitrogen and oxygen atoms in total. The summed E-state index contributed by atoms with van der Waals surface area (Å²) >= 11 is 1.55. The van der Waals surface area contributed by atoms with Crippen molar-refractivity contribution in [2.24, 2.45) is 0 Å². The van der Waals surface area contributed by atoms with Crippen molar-refractivity contribution in [2.45, 2.75) is 30.7 Å². The third kappa shape index (κ3) is 4.27. The molecule has 0 aliphatic rings. The molecule has 5 rings (SSSR count). The van der Waals surface area contributed by atoms with Gasteiger partial charge in [-0.25, -0.2) is 0 Å². The largest absolute Gasteiger partial charge is 0.270 e. The Kier molecular flexibility index (Phi) is 5.95. The topological polar surface area (TPSA) is 87.2 Å². The van der Waals surface area contributed by atoms with Crippen molar-refractivity contribution in [3.8, 4) is 22.8 Å². The quantitative estimate of drug-likeness (QED) is 0.329. The highest BCUT2D eigenvalue weighted by Crippen LogP contribution is 2.32. The number of hydrogen-bond acceptors (Lipinski definition) is 7. The van der Waals surface area contributed by atoms with E-state index >= 15 is 0 Å². The summed E-state index contributed by atoms with van der Waals surface area (Å²) in [5.74, 6) is 2.37. The number of para-hydroxylation sites is 2. The number of aromatic nitrogens is 8. The smallest absolute Gasteiger partial charge is 0.196 e. The lowest BCUT2D eigenvalue weighted by Gasteiger charge is -2.16. The predicted octanol–water partition coefficient (Wildman–Crippen LogP) is 4.72. The van der Waals surface area contributed by atoms with Crippen molar-refractivity contribution >= 4 is 11.8 Å². The third-order valence-electron chi connectivity index (χ3n) is 5.22. The summed E-state index contributed by atoms with van der Waals surface area (Å²) in [6, 6.07) is 22.1. The van der Waals surface area contributed by atoms with E-state index in [-0.39, 0.29) is 0 Å². The van der Waals surface area contributed by atoms with Gasteiger partial charge in [0.25, 0.3) is 0 Å². The standard InChI is InChI=1S/C24H22N8S/c1-17(2)20-12-6-7-13-21(20)31-23(18-9-8-14-25-15-18)27-28-24(31)33-16-22-26-29-30-32(22)19-10-4-3-5-11-19/h3-15,17H,16H2,1-2H3. The Balaban J connectivity index is 1.55. The Morgan fingerprint density at radius 1 is 0.879 bits per heavy atom. The second-order valence-corrected chi connectivity index (χ2v) is 8.67. The minimum absolute atomic E-state index is 0.341. The van der Waals surface area contributed by atoms with Crippen molar-refractivity contribution in [1.82, 2.24) is 40.0 Å². The fourth-order valence-corrected chi connectivity index (χ4v) is 4.49. The molecule has 5 aromatic rings. The lowest BCUT2D eigenvalue weighted by atomic mass is 10.0. The molecule has 0 N–H and O–H groups in total. The molecule has 0 aliphatic carbocycles. The molecule has 2 aromatic carbocycles. The van der Waals surface area contributed by atoms with Gasteiger partial charge < -0.3 is 0 Å². The van der Waals surface area contributed by atoms with Gasteiger partial charge in [0.2, 0.25) is 0 Å². The highest BCUT2D eigenvalue weighted by Gasteiger charge is 2.20. The van der Waals surface area contributed by atoms with E-state index in [0.29, 0.717) is 11.7 Å². The van der Waals surface area contributed by atoms with Gasteiger partial charge in [-0.05, 0) is 52.2 Å². The van der Waals surface area contributed by atoms with E-state index in [0.717, 1.165) is 33.7 Å².